The Morgan fingerprint density at radius 2 is 2.11 bits per heavy atom. The van der Waals surface area contributed by atoms with Crippen molar-refractivity contribution in [1.29, 1.82) is 0 Å². The predicted molar refractivity (Wildman–Crippen MR) is 77.6 cm³/mol. The first kappa shape index (κ1) is 14.6. The lowest BCUT2D eigenvalue weighted by Crippen LogP contribution is -2.38. The molecule has 0 saturated carbocycles. The largest absolute Gasteiger partial charge is 0.394 e. The van der Waals surface area contributed by atoms with Crippen molar-refractivity contribution < 1.29 is 9.84 Å². The van der Waals surface area contributed by atoms with E-state index in [1.807, 2.05) is 18.2 Å². The van der Waals surface area contributed by atoms with Crippen LogP contribution < -0.4 is 10.6 Å². The van der Waals surface area contributed by atoms with Crippen molar-refractivity contribution in [3.63, 3.8) is 0 Å². The van der Waals surface area contributed by atoms with Crippen molar-refractivity contribution in [2.24, 2.45) is 5.73 Å². The molecule has 0 atom stereocenters. The van der Waals surface area contributed by atoms with Crippen molar-refractivity contribution in [2.75, 3.05) is 31.2 Å². The topological polar surface area (TPSA) is 58.7 Å². The number of aliphatic hydroxyl groups is 1. The quantitative estimate of drug-likeness (QED) is 0.865. The van der Waals surface area contributed by atoms with Gasteiger partial charge in [-0.25, -0.2) is 0 Å². The fraction of sp³-hybridized carbons (Fsp3) is 0.571. The Hall–Kier alpha value is -0.810. The van der Waals surface area contributed by atoms with Crippen molar-refractivity contribution in [3.8, 4) is 0 Å². The van der Waals surface area contributed by atoms with E-state index in [4.69, 9.17) is 27.2 Å². The lowest BCUT2D eigenvalue weighted by atomic mass is 10.0. The minimum absolute atomic E-state index is 0.0891. The monoisotopic (exact) mass is 284 g/mol. The number of hydrogen-bond acceptors (Lipinski definition) is 4. The molecule has 0 bridgehead atoms. The summed E-state index contributed by atoms with van der Waals surface area (Å²) >= 11 is 6.07. The second-order valence-corrected chi connectivity index (χ2v) is 5.19. The van der Waals surface area contributed by atoms with E-state index >= 15 is 0 Å². The lowest BCUT2D eigenvalue weighted by Gasteiger charge is -2.34. The van der Waals surface area contributed by atoms with Gasteiger partial charge < -0.3 is 20.5 Å². The fourth-order valence-electron chi connectivity index (χ4n) is 2.49. The first-order chi connectivity index (χ1) is 9.24. The Kier molecular flexibility index (Phi) is 5.45. The van der Waals surface area contributed by atoms with Gasteiger partial charge in [0.1, 0.15) is 0 Å². The Balaban J connectivity index is 1.99. The molecule has 1 fully saturated rings. The van der Waals surface area contributed by atoms with Gasteiger partial charge in [0, 0.05) is 30.3 Å². The zero-order chi connectivity index (χ0) is 13.7. The van der Waals surface area contributed by atoms with Gasteiger partial charge >= 0.3 is 0 Å². The lowest BCUT2D eigenvalue weighted by molar-refractivity contribution is 0.0159. The molecule has 4 nitrogen and oxygen atoms in total. The van der Waals surface area contributed by atoms with Crippen molar-refractivity contribution in [3.05, 3.63) is 28.8 Å². The highest BCUT2D eigenvalue weighted by Crippen LogP contribution is 2.28. The minimum atomic E-state index is 0.0891. The van der Waals surface area contributed by atoms with Crippen LogP contribution in [-0.2, 0) is 11.3 Å². The first-order valence-corrected chi connectivity index (χ1v) is 7.08. The maximum absolute atomic E-state index is 8.76. The molecule has 0 aromatic heterocycles. The number of nitrogens with zero attached hydrogens (tertiary/aromatic N) is 1. The van der Waals surface area contributed by atoms with Crippen LogP contribution in [0.3, 0.4) is 0 Å². The van der Waals surface area contributed by atoms with Crippen molar-refractivity contribution >= 4 is 17.3 Å². The van der Waals surface area contributed by atoms with E-state index in [1.54, 1.807) is 0 Å². The van der Waals surface area contributed by atoms with E-state index in [0.717, 1.165) is 42.2 Å². The highest BCUT2D eigenvalue weighted by molar-refractivity contribution is 6.30. The standard InChI is InChI=1S/C14H21ClN2O2/c15-12-2-1-11(10-16)14(9-12)17-5-3-13(4-6-17)19-8-7-18/h1-2,9,13,18H,3-8,10,16H2. The smallest absolute Gasteiger partial charge is 0.0701 e. The average molecular weight is 285 g/mol. The number of hydrogen-bond donors (Lipinski definition) is 2. The third kappa shape index (κ3) is 3.83. The summed E-state index contributed by atoms with van der Waals surface area (Å²) in [6.07, 6.45) is 2.19. The van der Waals surface area contributed by atoms with Crippen LogP contribution in [0.15, 0.2) is 18.2 Å². The number of halogens is 1. The van der Waals surface area contributed by atoms with Gasteiger partial charge in [0.05, 0.1) is 19.3 Å². The Morgan fingerprint density at radius 1 is 1.37 bits per heavy atom. The van der Waals surface area contributed by atoms with E-state index < -0.39 is 0 Å². The molecule has 5 heteroatoms. The molecule has 0 unspecified atom stereocenters. The Morgan fingerprint density at radius 3 is 2.74 bits per heavy atom. The van der Waals surface area contributed by atoms with Gasteiger partial charge in [0.15, 0.2) is 0 Å². The van der Waals surface area contributed by atoms with Gasteiger partial charge in [-0.05, 0) is 30.5 Å². The van der Waals surface area contributed by atoms with Crippen LogP contribution in [-0.4, -0.2) is 37.5 Å². The fourth-order valence-corrected chi connectivity index (χ4v) is 2.65. The van der Waals surface area contributed by atoms with Gasteiger partial charge in [-0.3, -0.25) is 0 Å². The van der Waals surface area contributed by atoms with Crippen LogP contribution >= 0.6 is 11.6 Å². The van der Waals surface area contributed by atoms with Gasteiger partial charge in [0.25, 0.3) is 0 Å². The van der Waals surface area contributed by atoms with E-state index in [2.05, 4.69) is 4.90 Å². The summed E-state index contributed by atoms with van der Waals surface area (Å²) in [5.74, 6) is 0. The van der Waals surface area contributed by atoms with E-state index in [-0.39, 0.29) is 12.7 Å². The molecule has 1 saturated heterocycles. The zero-order valence-electron chi connectivity index (χ0n) is 11.0. The van der Waals surface area contributed by atoms with Gasteiger partial charge in [0.2, 0.25) is 0 Å². The molecule has 19 heavy (non-hydrogen) atoms. The molecule has 3 N–H and O–H groups in total. The normalized spacial score (nSPS) is 16.9. The molecule has 1 aliphatic rings. The maximum atomic E-state index is 8.76. The molecule has 1 heterocycles. The summed E-state index contributed by atoms with van der Waals surface area (Å²) in [7, 11) is 0. The predicted octanol–water partition coefficient (Wildman–Crippen LogP) is 1.78. The summed E-state index contributed by atoms with van der Waals surface area (Å²) in [5.41, 5.74) is 8.04. The van der Waals surface area contributed by atoms with Crippen LogP contribution in [0, 0.1) is 0 Å². The van der Waals surface area contributed by atoms with Crippen LogP contribution in [0.1, 0.15) is 18.4 Å². The second-order valence-electron chi connectivity index (χ2n) is 4.76. The third-order valence-electron chi connectivity index (χ3n) is 3.49. The molecule has 2 rings (SSSR count). The molecule has 0 radical (unpaired) electrons. The summed E-state index contributed by atoms with van der Waals surface area (Å²) in [4.78, 5) is 2.31. The van der Waals surface area contributed by atoms with Gasteiger partial charge in [-0.2, -0.15) is 0 Å². The van der Waals surface area contributed by atoms with Crippen LogP contribution in [0.25, 0.3) is 0 Å². The number of benzene rings is 1. The summed E-state index contributed by atoms with van der Waals surface area (Å²) in [5, 5.41) is 9.50. The van der Waals surface area contributed by atoms with Crippen LogP contribution in [0.5, 0.6) is 0 Å². The number of piperidine rings is 1. The number of anilines is 1. The number of ether oxygens (including phenoxy) is 1. The van der Waals surface area contributed by atoms with Gasteiger partial charge in [-0.1, -0.05) is 17.7 Å². The Labute approximate surface area is 119 Å². The minimum Gasteiger partial charge on any atom is -0.394 e. The summed E-state index contributed by atoms with van der Waals surface area (Å²) in [6.45, 7) is 2.90. The molecule has 1 aromatic carbocycles. The highest BCUT2D eigenvalue weighted by Gasteiger charge is 2.21. The van der Waals surface area contributed by atoms with E-state index in [9.17, 15) is 0 Å². The molecule has 0 spiro atoms. The van der Waals surface area contributed by atoms with Crippen molar-refractivity contribution in [1.82, 2.24) is 0 Å². The molecular formula is C14H21ClN2O2. The van der Waals surface area contributed by atoms with Crippen LogP contribution in [0.2, 0.25) is 5.02 Å². The van der Waals surface area contributed by atoms with E-state index in [1.165, 1.54) is 0 Å². The summed E-state index contributed by atoms with van der Waals surface area (Å²) in [6, 6.07) is 5.86. The summed E-state index contributed by atoms with van der Waals surface area (Å²) < 4.78 is 5.57. The highest BCUT2D eigenvalue weighted by atomic mass is 35.5. The number of nitrogens with two attached hydrogens (primary N) is 1. The zero-order valence-corrected chi connectivity index (χ0v) is 11.8. The number of rotatable bonds is 5. The first-order valence-electron chi connectivity index (χ1n) is 6.70. The molecule has 0 aliphatic carbocycles. The number of aliphatic hydroxyl groups excluding tert-OH is 1. The molecule has 1 aromatic rings. The van der Waals surface area contributed by atoms with Crippen molar-refractivity contribution in [2.45, 2.75) is 25.5 Å². The average Bonchev–Trinajstić information content (AvgIpc) is 2.45. The van der Waals surface area contributed by atoms with Crippen LogP contribution in [0.4, 0.5) is 5.69 Å². The molecular weight excluding hydrogens is 264 g/mol. The SMILES string of the molecule is NCc1ccc(Cl)cc1N1CCC(OCCO)CC1. The third-order valence-corrected chi connectivity index (χ3v) is 3.73. The second kappa shape index (κ2) is 7.10. The van der Waals surface area contributed by atoms with E-state index in [0.29, 0.717) is 13.2 Å². The molecule has 0 amide bonds. The maximum Gasteiger partial charge on any atom is 0.0701 e. The molecule has 106 valence electrons. The molecule has 1 aliphatic heterocycles. The van der Waals surface area contributed by atoms with Gasteiger partial charge in [-0.15, -0.1) is 0 Å². The Bertz CT molecular complexity index is 406.